The number of amides is 1. The Kier molecular flexibility index (Phi) is 2.12. The van der Waals surface area contributed by atoms with Crippen molar-refractivity contribution in [3.63, 3.8) is 0 Å². The number of carbonyl (C=O) groups excluding carboxylic acids is 1. The minimum absolute atomic E-state index is 0.0278. The van der Waals surface area contributed by atoms with E-state index in [1.54, 1.807) is 0 Å². The van der Waals surface area contributed by atoms with E-state index in [1.165, 1.54) is 11.5 Å². The second-order valence-corrected chi connectivity index (χ2v) is 1.81. The zero-order chi connectivity index (χ0) is 8.27. The Morgan fingerprint density at radius 2 is 2.45 bits per heavy atom. The Balaban J connectivity index is 2.96. The van der Waals surface area contributed by atoms with Gasteiger partial charge in [-0.3, -0.25) is 10.0 Å². The third kappa shape index (κ3) is 1.71. The first-order chi connectivity index (χ1) is 5.24. The van der Waals surface area contributed by atoms with Crippen LogP contribution in [-0.4, -0.2) is 16.1 Å². The SMILES string of the molecule is O=C(NO)c1ccnc(F)c1. The molecule has 0 fully saturated rings. The van der Waals surface area contributed by atoms with Crippen LogP contribution in [0.1, 0.15) is 10.4 Å². The highest BCUT2D eigenvalue weighted by atomic mass is 19.1. The van der Waals surface area contributed by atoms with Gasteiger partial charge in [-0.15, -0.1) is 0 Å². The highest BCUT2D eigenvalue weighted by Crippen LogP contribution is 1.98. The maximum absolute atomic E-state index is 12.3. The minimum Gasteiger partial charge on any atom is -0.288 e. The van der Waals surface area contributed by atoms with Crippen molar-refractivity contribution in [2.24, 2.45) is 0 Å². The molecule has 0 unspecified atom stereocenters. The minimum atomic E-state index is -0.758. The van der Waals surface area contributed by atoms with Crippen LogP contribution in [0.4, 0.5) is 4.39 Å². The first-order valence-electron chi connectivity index (χ1n) is 2.80. The average molecular weight is 156 g/mol. The van der Waals surface area contributed by atoms with Crippen LogP contribution in [0.2, 0.25) is 0 Å². The van der Waals surface area contributed by atoms with Gasteiger partial charge in [0.15, 0.2) is 0 Å². The highest BCUT2D eigenvalue weighted by molar-refractivity contribution is 5.93. The first-order valence-corrected chi connectivity index (χ1v) is 2.80. The molecule has 1 aromatic rings. The Bertz CT molecular complexity index is 277. The Labute approximate surface area is 61.6 Å². The number of halogens is 1. The van der Waals surface area contributed by atoms with E-state index < -0.39 is 11.9 Å². The third-order valence-electron chi connectivity index (χ3n) is 1.09. The second kappa shape index (κ2) is 3.07. The summed E-state index contributed by atoms with van der Waals surface area (Å²) in [6.45, 7) is 0. The fourth-order valence-corrected chi connectivity index (χ4v) is 0.608. The second-order valence-electron chi connectivity index (χ2n) is 1.81. The molecule has 4 nitrogen and oxygen atoms in total. The summed E-state index contributed by atoms with van der Waals surface area (Å²) < 4.78 is 12.3. The number of hydrogen-bond acceptors (Lipinski definition) is 3. The molecule has 0 radical (unpaired) electrons. The molecule has 0 saturated carbocycles. The molecule has 2 N–H and O–H groups in total. The van der Waals surface area contributed by atoms with Gasteiger partial charge in [0.1, 0.15) is 0 Å². The van der Waals surface area contributed by atoms with Crippen LogP contribution in [0, 0.1) is 5.95 Å². The van der Waals surface area contributed by atoms with Gasteiger partial charge in [0, 0.05) is 17.8 Å². The van der Waals surface area contributed by atoms with Crippen LogP contribution >= 0.6 is 0 Å². The van der Waals surface area contributed by atoms with Crippen molar-refractivity contribution in [1.82, 2.24) is 10.5 Å². The quantitative estimate of drug-likeness (QED) is 0.350. The smallest absolute Gasteiger partial charge is 0.274 e. The van der Waals surface area contributed by atoms with E-state index in [2.05, 4.69) is 4.98 Å². The van der Waals surface area contributed by atoms with E-state index in [-0.39, 0.29) is 5.56 Å². The highest BCUT2D eigenvalue weighted by Gasteiger charge is 2.03. The van der Waals surface area contributed by atoms with Gasteiger partial charge in [0.05, 0.1) is 0 Å². The van der Waals surface area contributed by atoms with Crippen LogP contribution in [-0.2, 0) is 0 Å². The molecule has 0 aliphatic heterocycles. The van der Waals surface area contributed by atoms with Gasteiger partial charge in [-0.25, -0.2) is 10.5 Å². The van der Waals surface area contributed by atoms with E-state index in [0.29, 0.717) is 0 Å². The van der Waals surface area contributed by atoms with Crippen molar-refractivity contribution < 1.29 is 14.4 Å². The maximum Gasteiger partial charge on any atom is 0.274 e. The predicted molar refractivity (Wildman–Crippen MR) is 33.4 cm³/mol. The zero-order valence-corrected chi connectivity index (χ0v) is 5.41. The van der Waals surface area contributed by atoms with Crippen molar-refractivity contribution in [2.75, 3.05) is 0 Å². The normalized spacial score (nSPS) is 9.27. The molecular formula is C6H5FN2O2. The molecule has 0 aliphatic rings. The van der Waals surface area contributed by atoms with E-state index in [1.807, 2.05) is 0 Å². The topological polar surface area (TPSA) is 62.2 Å². The number of nitrogens with one attached hydrogen (secondary N) is 1. The number of hydrogen-bond donors (Lipinski definition) is 2. The molecule has 1 aromatic heterocycles. The van der Waals surface area contributed by atoms with Crippen molar-refractivity contribution in [3.8, 4) is 0 Å². The van der Waals surface area contributed by atoms with Crippen LogP contribution in [0.15, 0.2) is 18.3 Å². The molecule has 1 rings (SSSR count). The molecular weight excluding hydrogens is 151 g/mol. The van der Waals surface area contributed by atoms with Crippen LogP contribution in [0.25, 0.3) is 0 Å². The maximum atomic E-state index is 12.3. The summed E-state index contributed by atoms with van der Waals surface area (Å²) in [5.74, 6) is -1.52. The fourth-order valence-electron chi connectivity index (χ4n) is 0.608. The largest absolute Gasteiger partial charge is 0.288 e. The molecule has 1 amide bonds. The average Bonchev–Trinajstić information content (AvgIpc) is 2.03. The van der Waals surface area contributed by atoms with Crippen LogP contribution in [0.5, 0.6) is 0 Å². The third-order valence-corrected chi connectivity index (χ3v) is 1.09. The standard InChI is InChI=1S/C6H5FN2O2/c7-5-3-4(1-2-8-5)6(10)9-11/h1-3,11H,(H,9,10). The lowest BCUT2D eigenvalue weighted by atomic mass is 10.2. The Morgan fingerprint density at radius 1 is 1.73 bits per heavy atom. The van der Waals surface area contributed by atoms with Gasteiger partial charge >= 0.3 is 0 Å². The van der Waals surface area contributed by atoms with Gasteiger partial charge < -0.3 is 0 Å². The first kappa shape index (κ1) is 7.62. The fraction of sp³-hybridized carbons (Fsp3) is 0. The number of carbonyl (C=O) groups is 1. The lowest BCUT2D eigenvalue weighted by Gasteiger charge is -1.95. The Morgan fingerprint density at radius 3 is 3.00 bits per heavy atom. The number of aromatic nitrogens is 1. The molecule has 58 valence electrons. The zero-order valence-electron chi connectivity index (χ0n) is 5.41. The van der Waals surface area contributed by atoms with Crippen molar-refractivity contribution in [1.29, 1.82) is 0 Å². The molecule has 1 heterocycles. The molecule has 0 bridgehead atoms. The monoisotopic (exact) mass is 156 g/mol. The van der Waals surface area contributed by atoms with Gasteiger partial charge in [-0.1, -0.05) is 0 Å². The summed E-state index contributed by atoms with van der Waals surface area (Å²) in [7, 11) is 0. The molecule has 0 spiro atoms. The van der Waals surface area contributed by atoms with Gasteiger partial charge in [-0.05, 0) is 6.07 Å². The number of rotatable bonds is 1. The van der Waals surface area contributed by atoms with Crippen LogP contribution in [0.3, 0.4) is 0 Å². The van der Waals surface area contributed by atoms with E-state index >= 15 is 0 Å². The lowest BCUT2D eigenvalue weighted by Crippen LogP contribution is -2.18. The molecule has 0 aromatic carbocycles. The summed E-state index contributed by atoms with van der Waals surface area (Å²) in [6.07, 6.45) is 1.14. The molecule has 11 heavy (non-hydrogen) atoms. The number of hydroxylamine groups is 1. The summed E-state index contributed by atoms with van der Waals surface area (Å²) in [5.41, 5.74) is 1.40. The van der Waals surface area contributed by atoms with Crippen molar-refractivity contribution in [2.45, 2.75) is 0 Å². The van der Waals surface area contributed by atoms with Crippen molar-refractivity contribution in [3.05, 3.63) is 29.8 Å². The number of nitrogens with zero attached hydrogens (tertiary/aromatic N) is 1. The van der Waals surface area contributed by atoms with Gasteiger partial charge in [-0.2, -0.15) is 4.39 Å². The van der Waals surface area contributed by atoms with Crippen LogP contribution < -0.4 is 5.48 Å². The molecule has 0 saturated heterocycles. The molecule has 0 aliphatic carbocycles. The lowest BCUT2D eigenvalue weighted by molar-refractivity contribution is 0.0705. The van der Waals surface area contributed by atoms with Gasteiger partial charge in [0.25, 0.3) is 5.91 Å². The summed E-state index contributed by atoms with van der Waals surface area (Å²) in [4.78, 5) is 13.8. The number of pyridine rings is 1. The van der Waals surface area contributed by atoms with E-state index in [9.17, 15) is 9.18 Å². The summed E-state index contributed by atoms with van der Waals surface area (Å²) >= 11 is 0. The summed E-state index contributed by atoms with van der Waals surface area (Å²) in [5, 5.41) is 8.14. The Hall–Kier alpha value is -1.49. The molecule has 0 atom stereocenters. The predicted octanol–water partition coefficient (Wildman–Crippen LogP) is 0.340. The van der Waals surface area contributed by atoms with Gasteiger partial charge in [0.2, 0.25) is 5.95 Å². The van der Waals surface area contributed by atoms with Crippen molar-refractivity contribution >= 4 is 5.91 Å². The van der Waals surface area contributed by atoms with E-state index in [4.69, 9.17) is 5.21 Å². The molecule has 5 heteroatoms. The summed E-state index contributed by atoms with van der Waals surface area (Å²) in [6, 6.07) is 2.21. The van der Waals surface area contributed by atoms with E-state index in [0.717, 1.165) is 12.3 Å².